The quantitative estimate of drug-likeness (QED) is 0.335. The highest BCUT2D eigenvalue weighted by Gasteiger charge is 2.70. The number of nitrogens with zero attached hydrogens (tertiary/aromatic N) is 1. The number of hydrogen-bond donors (Lipinski definition) is 1. The van der Waals surface area contributed by atoms with E-state index in [0.717, 1.165) is 27.6 Å². The van der Waals surface area contributed by atoms with E-state index in [-0.39, 0.29) is 17.5 Å². The summed E-state index contributed by atoms with van der Waals surface area (Å²) in [6.45, 7) is 1.51. The van der Waals surface area contributed by atoms with E-state index in [1.807, 2.05) is 71.6 Å². The molecular formula is C32H23ClN2O3. The Morgan fingerprint density at radius 3 is 2.47 bits per heavy atom. The van der Waals surface area contributed by atoms with Crippen LogP contribution < -0.4 is 10.2 Å². The number of hydrogen-bond acceptors (Lipinski definition) is 4. The standard InChI is InChI=1S/C32H23ClN2O3/c1-18(36)29-28(30(37)22-10-4-6-12-24(22)33)32(23-11-5-7-13-25(23)34-31(32)38)27-17-15-21-20-9-3-2-8-19(20)14-16-26(21)35(27)29/h2-17,27-29H,1H3,(H,34,38)/t27-,28-,29-,32+/m1/s1. The van der Waals surface area contributed by atoms with Crippen LogP contribution in [-0.2, 0) is 15.0 Å². The van der Waals surface area contributed by atoms with Crippen molar-refractivity contribution in [2.24, 2.45) is 5.92 Å². The SMILES string of the molecule is CC(=O)[C@@H]1[C@H](C(=O)c2ccccc2Cl)[C@@]2(C(=O)Nc3ccccc32)[C@H]2C=Cc3c(ccc4ccccc34)N12. The van der Waals surface area contributed by atoms with Crippen LogP contribution in [0.25, 0.3) is 16.8 Å². The van der Waals surface area contributed by atoms with Crippen LogP contribution >= 0.6 is 11.6 Å². The van der Waals surface area contributed by atoms with E-state index in [1.54, 1.807) is 24.3 Å². The van der Waals surface area contributed by atoms with Crippen molar-refractivity contribution < 1.29 is 14.4 Å². The van der Waals surface area contributed by atoms with Gasteiger partial charge < -0.3 is 10.2 Å². The summed E-state index contributed by atoms with van der Waals surface area (Å²) in [4.78, 5) is 44.3. The molecule has 0 saturated carbocycles. The zero-order valence-electron chi connectivity index (χ0n) is 20.5. The Kier molecular flexibility index (Phi) is 4.91. The van der Waals surface area contributed by atoms with Crippen LogP contribution in [0.4, 0.5) is 11.4 Å². The second-order valence-corrected chi connectivity index (χ2v) is 10.6. The number of nitrogens with one attached hydrogen (secondary N) is 1. The van der Waals surface area contributed by atoms with Gasteiger partial charge in [-0.2, -0.15) is 0 Å². The monoisotopic (exact) mass is 518 g/mol. The van der Waals surface area contributed by atoms with Crippen LogP contribution in [0.3, 0.4) is 0 Å². The van der Waals surface area contributed by atoms with Gasteiger partial charge in [-0.25, -0.2) is 0 Å². The lowest BCUT2D eigenvalue weighted by Crippen LogP contribution is -2.51. The number of para-hydroxylation sites is 1. The first-order valence-corrected chi connectivity index (χ1v) is 13.0. The maximum absolute atomic E-state index is 14.5. The van der Waals surface area contributed by atoms with Crippen LogP contribution in [0.2, 0.25) is 5.02 Å². The summed E-state index contributed by atoms with van der Waals surface area (Å²) in [6, 6.07) is 25.0. The molecule has 3 aliphatic heterocycles. The van der Waals surface area contributed by atoms with Crippen molar-refractivity contribution in [3.63, 3.8) is 0 Å². The van der Waals surface area contributed by atoms with Gasteiger partial charge in [0.2, 0.25) is 5.91 Å². The molecule has 4 aromatic carbocycles. The maximum Gasteiger partial charge on any atom is 0.238 e. The summed E-state index contributed by atoms with van der Waals surface area (Å²) in [6.07, 6.45) is 4.03. The van der Waals surface area contributed by atoms with Gasteiger partial charge in [-0.3, -0.25) is 14.4 Å². The van der Waals surface area contributed by atoms with Crippen molar-refractivity contribution >= 4 is 57.3 Å². The summed E-state index contributed by atoms with van der Waals surface area (Å²) in [5.41, 5.74) is 2.19. The van der Waals surface area contributed by atoms with Crippen LogP contribution in [-0.4, -0.2) is 29.6 Å². The second kappa shape index (κ2) is 8.14. The van der Waals surface area contributed by atoms with Gasteiger partial charge in [0.15, 0.2) is 11.6 Å². The molecule has 6 heteroatoms. The molecular weight excluding hydrogens is 496 g/mol. The molecule has 3 heterocycles. The minimum absolute atomic E-state index is 0.177. The summed E-state index contributed by atoms with van der Waals surface area (Å²) >= 11 is 6.52. The zero-order chi connectivity index (χ0) is 26.2. The molecule has 186 valence electrons. The highest BCUT2D eigenvalue weighted by atomic mass is 35.5. The van der Waals surface area contributed by atoms with E-state index < -0.39 is 23.4 Å². The molecule has 4 atom stereocenters. The summed E-state index contributed by atoms with van der Waals surface area (Å²) < 4.78 is 0. The van der Waals surface area contributed by atoms with Gasteiger partial charge in [0.25, 0.3) is 0 Å². The molecule has 3 aliphatic rings. The second-order valence-electron chi connectivity index (χ2n) is 10.2. The van der Waals surface area contributed by atoms with Gasteiger partial charge in [0.05, 0.1) is 23.0 Å². The van der Waals surface area contributed by atoms with Crippen molar-refractivity contribution in [3.8, 4) is 0 Å². The number of Topliss-reactive ketones (excluding diaryl/α,β-unsaturated/α-hetero) is 2. The molecule has 1 amide bonds. The van der Waals surface area contributed by atoms with Crippen molar-refractivity contribution in [2.75, 3.05) is 10.2 Å². The van der Waals surface area contributed by atoms with Crippen LogP contribution in [0.15, 0.2) is 91.0 Å². The molecule has 4 aromatic rings. The molecule has 1 fully saturated rings. The van der Waals surface area contributed by atoms with E-state index in [1.165, 1.54) is 6.92 Å². The molecule has 0 aliphatic carbocycles. The molecule has 5 nitrogen and oxygen atoms in total. The minimum atomic E-state index is -1.32. The fraction of sp³-hybridized carbons (Fsp3) is 0.156. The summed E-state index contributed by atoms with van der Waals surface area (Å²) in [7, 11) is 0. The number of carbonyl (C=O) groups excluding carboxylic acids is 3. The topological polar surface area (TPSA) is 66.5 Å². The number of halogens is 1. The number of carbonyl (C=O) groups is 3. The highest BCUT2D eigenvalue weighted by Crippen LogP contribution is 2.58. The average Bonchev–Trinajstić information content (AvgIpc) is 3.41. The Hall–Kier alpha value is -4.22. The van der Waals surface area contributed by atoms with Crippen LogP contribution in [0.5, 0.6) is 0 Å². The Balaban J connectivity index is 1.55. The lowest BCUT2D eigenvalue weighted by atomic mass is 9.64. The first-order chi connectivity index (χ1) is 18.4. The highest BCUT2D eigenvalue weighted by molar-refractivity contribution is 6.34. The number of anilines is 2. The maximum atomic E-state index is 14.5. The normalized spacial score (nSPS) is 24.7. The first kappa shape index (κ1) is 22.9. The largest absolute Gasteiger partial charge is 0.352 e. The molecule has 7 rings (SSSR count). The van der Waals surface area contributed by atoms with Crippen molar-refractivity contribution in [2.45, 2.75) is 24.4 Å². The summed E-state index contributed by atoms with van der Waals surface area (Å²) in [5.74, 6) is -1.76. The predicted octanol–water partition coefficient (Wildman–Crippen LogP) is 6.06. The van der Waals surface area contributed by atoms with Gasteiger partial charge in [-0.05, 0) is 47.5 Å². The number of amides is 1. The Morgan fingerprint density at radius 2 is 1.66 bits per heavy atom. The molecule has 1 saturated heterocycles. The van der Waals surface area contributed by atoms with Gasteiger partial charge in [0.1, 0.15) is 5.41 Å². The Bertz CT molecular complexity index is 1730. The third-order valence-electron chi connectivity index (χ3n) is 8.38. The van der Waals surface area contributed by atoms with Crippen molar-refractivity contribution in [1.82, 2.24) is 0 Å². The van der Waals surface area contributed by atoms with E-state index in [9.17, 15) is 14.4 Å². The van der Waals surface area contributed by atoms with E-state index in [4.69, 9.17) is 11.6 Å². The molecule has 0 unspecified atom stereocenters. The third-order valence-corrected chi connectivity index (χ3v) is 8.71. The molecule has 1 N–H and O–H groups in total. The number of benzene rings is 4. The van der Waals surface area contributed by atoms with Crippen LogP contribution in [0.1, 0.15) is 28.4 Å². The third kappa shape index (κ3) is 2.85. The van der Waals surface area contributed by atoms with Gasteiger partial charge >= 0.3 is 0 Å². The number of rotatable bonds is 3. The predicted molar refractivity (Wildman–Crippen MR) is 150 cm³/mol. The van der Waals surface area contributed by atoms with Crippen LogP contribution in [0, 0.1) is 5.92 Å². The fourth-order valence-corrected chi connectivity index (χ4v) is 7.14. The van der Waals surface area contributed by atoms with E-state index in [2.05, 4.69) is 11.4 Å². The molecule has 1 spiro atoms. The van der Waals surface area contributed by atoms with Gasteiger partial charge in [-0.15, -0.1) is 0 Å². The van der Waals surface area contributed by atoms with Crippen molar-refractivity contribution in [3.05, 3.63) is 113 Å². The summed E-state index contributed by atoms with van der Waals surface area (Å²) in [5, 5.41) is 5.46. The number of ketones is 2. The molecule has 0 radical (unpaired) electrons. The molecule has 38 heavy (non-hydrogen) atoms. The minimum Gasteiger partial charge on any atom is -0.352 e. The first-order valence-electron chi connectivity index (χ1n) is 12.6. The van der Waals surface area contributed by atoms with Gasteiger partial charge in [0, 0.05) is 22.5 Å². The van der Waals surface area contributed by atoms with E-state index in [0.29, 0.717) is 16.3 Å². The van der Waals surface area contributed by atoms with E-state index >= 15 is 0 Å². The Labute approximate surface area is 224 Å². The molecule has 0 aromatic heterocycles. The zero-order valence-corrected chi connectivity index (χ0v) is 21.3. The number of fused-ring (bicyclic) bond motifs is 8. The smallest absolute Gasteiger partial charge is 0.238 e. The average molecular weight is 519 g/mol. The molecule has 0 bridgehead atoms. The Morgan fingerprint density at radius 1 is 0.921 bits per heavy atom. The lowest BCUT2D eigenvalue weighted by Gasteiger charge is -2.38. The fourth-order valence-electron chi connectivity index (χ4n) is 6.91. The van der Waals surface area contributed by atoms with Crippen molar-refractivity contribution in [1.29, 1.82) is 0 Å². The van der Waals surface area contributed by atoms with Gasteiger partial charge in [-0.1, -0.05) is 84.4 Å². The lowest BCUT2D eigenvalue weighted by molar-refractivity contribution is -0.122.